The zero-order valence-corrected chi connectivity index (χ0v) is 12.6. The Morgan fingerprint density at radius 3 is 3.05 bits per heavy atom. The number of anilines is 1. The summed E-state index contributed by atoms with van der Waals surface area (Å²) in [6.45, 7) is 2.94. The molecule has 1 aromatic heterocycles. The molecule has 2 saturated carbocycles. The maximum absolute atomic E-state index is 6.00. The van der Waals surface area contributed by atoms with Crippen LogP contribution in [0.5, 0.6) is 0 Å². The van der Waals surface area contributed by atoms with Gasteiger partial charge in [0.05, 0.1) is 17.8 Å². The average Bonchev–Trinajstić information content (AvgIpc) is 3.16. The van der Waals surface area contributed by atoms with Crippen LogP contribution in [0.15, 0.2) is 24.4 Å². The van der Waals surface area contributed by atoms with Crippen molar-refractivity contribution in [1.82, 2.24) is 10.2 Å². The molecule has 2 fully saturated rings. The van der Waals surface area contributed by atoms with Crippen LogP contribution in [-0.2, 0) is 4.74 Å². The maximum Gasteiger partial charge on any atom is 0.0671 e. The van der Waals surface area contributed by atoms with Crippen molar-refractivity contribution in [2.24, 2.45) is 5.41 Å². The second-order valence-electron chi connectivity index (χ2n) is 6.45. The van der Waals surface area contributed by atoms with Crippen molar-refractivity contribution in [2.75, 3.05) is 11.9 Å². The highest BCUT2D eigenvalue weighted by molar-refractivity contribution is 5.91. The monoisotopic (exact) mass is 285 g/mol. The fourth-order valence-electron chi connectivity index (χ4n) is 4.37. The van der Waals surface area contributed by atoms with Gasteiger partial charge in [0.1, 0.15) is 0 Å². The number of rotatable bonds is 4. The molecule has 0 saturated heterocycles. The van der Waals surface area contributed by atoms with Crippen molar-refractivity contribution in [3.05, 3.63) is 24.4 Å². The summed E-state index contributed by atoms with van der Waals surface area (Å²) in [5, 5.41) is 12.2. The van der Waals surface area contributed by atoms with Crippen LogP contribution in [0.25, 0.3) is 10.9 Å². The molecular formula is C17H23N3O. The summed E-state index contributed by atoms with van der Waals surface area (Å²) in [7, 11) is 0. The normalized spacial score (nSPS) is 27.1. The molecule has 0 radical (unpaired) electrons. The third kappa shape index (κ3) is 1.96. The van der Waals surface area contributed by atoms with E-state index in [1.807, 2.05) is 6.20 Å². The number of ether oxygens (including phenoxy) is 1. The number of benzene rings is 1. The number of nitrogens with zero attached hydrogens (tertiary/aromatic N) is 1. The molecular weight excluding hydrogens is 262 g/mol. The molecule has 2 unspecified atom stereocenters. The molecule has 1 aromatic carbocycles. The summed E-state index contributed by atoms with van der Waals surface area (Å²) in [5.74, 6) is 0. The van der Waals surface area contributed by atoms with Crippen molar-refractivity contribution < 1.29 is 4.74 Å². The Morgan fingerprint density at radius 1 is 1.38 bits per heavy atom. The van der Waals surface area contributed by atoms with Gasteiger partial charge in [-0.05, 0) is 38.3 Å². The summed E-state index contributed by atoms with van der Waals surface area (Å²) < 4.78 is 6.00. The average molecular weight is 285 g/mol. The molecule has 2 atom stereocenters. The summed E-state index contributed by atoms with van der Waals surface area (Å²) in [6.07, 6.45) is 8.79. The third-order valence-electron chi connectivity index (χ3n) is 5.50. The zero-order valence-electron chi connectivity index (χ0n) is 12.6. The molecule has 2 aromatic rings. The molecule has 0 bridgehead atoms. The van der Waals surface area contributed by atoms with E-state index in [1.54, 1.807) is 0 Å². The van der Waals surface area contributed by atoms with E-state index < -0.39 is 0 Å². The molecule has 0 amide bonds. The Bertz CT molecular complexity index is 630. The van der Waals surface area contributed by atoms with Gasteiger partial charge in [-0.25, -0.2) is 0 Å². The number of aromatic nitrogens is 2. The summed E-state index contributed by atoms with van der Waals surface area (Å²) in [4.78, 5) is 0. The smallest absolute Gasteiger partial charge is 0.0671 e. The van der Waals surface area contributed by atoms with Gasteiger partial charge in [-0.1, -0.05) is 18.9 Å². The van der Waals surface area contributed by atoms with Crippen LogP contribution >= 0.6 is 0 Å². The predicted molar refractivity (Wildman–Crippen MR) is 84.4 cm³/mol. The standard InChI is InChI=1S/C17H23N3O/c1-2-21-16-10-15(17(16)8-3-4-9-17)19-13-6-5-7-14-12(13)11-18-20-14/h5-7,11,15-16,19H,2-4,8-10H2,1H3,(H,18,20). The van der Waals surface area contributed by atoms with E-state index in [0.29, 0.717) is 17.6 Å². The van der Waals surface area contributed by atoms with Gasteiger partial charge in [-0.2, -0.15) is 5.10 Å². The molecule has 2 aliphatic rings. The minimum atomic E-state index is 0.363. The highest BCUT2D eigenvalue weighted by atomic mass is 16.5. The van der Waals surface area contributed by atoms with Crippen LogP contribution in [0.3, 0.4) is 0 Å². The second kappa shape index (κ2) is 5.02. The highest BCUT2D eigenvalue weighted by Crippen LogP contribution is 2.55. The lowest BCUT2D eigenvalue weighted by molar-refractivity contribution is -0.114. The van der Waals surface area contributed by atoms with Crippen LogP contribution in [-0.4, -0.2) is 29.0 Å². The quantitative estimate of drug-likeness (QED) is 0.900. The number of hydrogen-bond acceptors (Lipinski definition) is 3. The van der Waals surface area contributed by atoms with E-state index in [4.69, 9.17) is 4.74 Å². The zero-order chi connectivity index (χ0) is 14.3. The Labute approximate surface area is 125 Å². The van der Waals surface area contributed by atoms with Crippen molar-refractivity contribution in [1.29, 1.82) is 0 Å². The van der Waals surface area contributed by atoms with Crippen LogP contribution in [0.4, 0.5) is 5.69 Å². The lowest BCUT2D eigenvalue weighted by Gasteiger charge is -2.54. The van der Waals surface area contributed by atoms with E-state index in [1.165, 1.54) is 36.8 Å². The SMILES string of the molecule is CCOC1CC(Nc2cccc3[nH]ncc23)C12CCCC2. The van der Waals surface area contributed by atoms with Crippen LogP contribution < -0.4 is 5.32 Å². The number of H-pyrrole nitrogens is 1. The lowest BCUT2D eigenvalue weighted by Crippen LogP contribution is -2.60. The molecule has 1 heterocycles. The summed E-state index contributed by atoms with van der Waals surface area (Å²) in [5.41, 5.74) is 2.66. The first-order valence-electron chi connectivity index (χ1n) is 8.14. The molecule has 2 aliphatic carbocycles. The summed E-state index contributed by atoms with van der Waals surface area (Å²) in [6, 6.07) is 6.86. The first kappa shape index (κ1) is 13.1. The number of nitrogens with one attached hydrogen (secondary N) is 2. The van der Waals surface area contributed by atoms with Gasteiger partial charge < -0.3 is 10.1 Å². The molecule has 1 spiro atoms. The first-order valence-corrected chi connectivity index (χ1v) is 8.14. The van der Waals surface area contributed by atoms with E-state index >= 15 is 0 Å². The van der Waals surface area contributed by atoms with Gasteiger partial charge in [0, 0.05) is 29.1 Å². The highest BCUT2D eigenvalue weighted by Gasteiger charge is 2.56. The second-order valence-corrected chi connectivity index (χ2v) is 6.45. The van der Waals surface area contributed by atoms with Crippen LogP contribution in [0.1, 0.15) is 39.0 Å². The van der Waals surface area contributed by atoms with Gasteiger partial charge in [-0.3, -0.25) is 5.10 Å². The number of hydrogen-bond donors (Lipinski definition) is 2. The van der Waals surface area contributed by atoms with E-state index in [-0.39, 0.29) is 0 Å². The van der Waals surface area contributed by atoms with Crippen molar-refractivity contribution >= 4 is 16.6 Å². The van der Waals surface area contributed by atoms with Crippen molar-refractivity contribution in [2.45, 2.75) is 51.2 Å². The number of aromatic amines is 1. The molecule has 2 N–H and O–H groups in total. The van der Waals surface area contributed by atoms with E-state index in [9.17, 15) is 0 Å². The molecule has 4 heteroatoms. The fourth-order valence-corrected chi connectivity index (χ4v) is 4.37. The van der Waals surface area contributed by atoms with Gasteiger partial charge in [0.2, 0.25) is 0 Å². The fraction of sp³-hybridized carbons (Fsp3) is 0.588. The van der Waals surface area contributed by atoms with Crippen LogP contribution in [0.2, 0.25) is 0 Å². The Hall–Kier alpha value is -1.55. The minimum absolute atomic E-state index is 0.363. The Kier molecular flexibility index (Phi) is 3.14. The van der Waals surface area contributed by atoms with Gasteiger partial charge in [-0.15, -0.1) is 0 Å². The van der Waals surface area contributed by atoms with Gasteiger partial charge >= 0.3 is 0 Å². The summed E-state index contributed by atoms with van der Waals surface area (Å²) >= 11 is 0. The van der Waals surface area contributed by atoms with Gasteiger partial charge in [0.25, 0.3) is 0 Å². The lowest BCUT2D eigenvalue weighted by atomic mass is 9.60. The van der Waals surface area contributed by atoms with Gasteiger partial charge in [0.15, 0.2) is 0 Å². The minimum Gasteiger partial charge on any atom is -0.381 e. The van der Waals surface area contributed by atoms with E-state index in [0.717, 1.165) is 18.5 Å². The molecule has 112 valence electrons. The van der Waals surface area contributed by atoms with Crippen molar-refractivity contribution in [3.63, 3.8) is 0 Å². The molecule has 0 aliphatic heterocycles. The number of fused-ring (bicyclic) bond motifs is 1. The largest absolute Gasteiger partial charge is 0.381 e. The van der Waals surface area contributed by atoms with Crippen LogP contribution in [0, 0.1) is 5.41 Å². The molecule has 4 rings (SSSR count). The Morgan fingerprint density at radius 2 is 2.24 bits per heavy atom. The maximum atomic E-state index is 6.00. The van der Waals surface area contributed by atoms with E-state index in [2.05, 4.69) is 40.6 Å². The van der Waals surface area contributed by atoms with Crippen molar-refractivity contribution in [3.8, 4) is 0 Å². The predicted octanol–water partition coefficient (Wildman–Crippen LogP) is 3.71. The third-order valence-corrected chi connectivity index (χ3v) is 5.50. The topological polar surface area (TPSA) is 49.9 Å². The molecule has 4 nitrogen and oxygen atoms in total. The Balaban J connectivity index is 1.58. The molecule has 21 heavy (non-hydrogen) atoms. The first-order chi connectivity index (χ1) is 10.3.